The molecule has 0 fully saturated rings. The summed E-state index contributed by atoms with van der Waals surface area (Å²) < 4.78 is 2.84. The van der Waals surface area contributed by atoms with Crippen LogP contribution in [0.5, 0.6) is 0 Å². The molecular formula is C10H11IN4. The first-order valence-corrected chi connectivity index (χ1v) is 5.65. The monoisotopic (exact) mass is 314 g/mol. The zero-order chi connectivity index (χ0) is 10.8. The topological polar surface area (TPSA) is 56.7 Å². The fourth-order valence-corrected chi connectivity index (χ4v) is 1.83. The predicted octanol–water partition coefficient (Wildman–Crippen LogP) is 1.64. The highest BCUT2D eigenvalue weighted by molar-refractivity contribution is 14.1. The molecule has 0 spiro atoms. The van der Waals surface area contributed by atoms with Gasteiger partial charge in [0.25, 0.3) is 0 Å². The summed E-state index contributed by atoms with van der Waals surface area (Å²) in [5.74, 6) is 0.820. The maximum Gasteiger partial charge on any atom is 0.158 e. The molecule has 0 aromatic carbocycles. The third-order valence-corrected chi connectivity index (χ3v) is 2.80. The van der Waals surface area contributed by atoms with Crippen LogP contribution < -0.4 is 5.73 Å². The van der Waals surface area contributed by atoms with Crippen molar-refractivity contribution in [1.29, 1.82) is 0 Å². The number of aromatic nitrogens is 3. The quantitative estimate of drug-likeness (QED) is 0.858. The molecule has 0 atom stereocenters. The summed E-state index contributed by atoms with van der Waals surface area (Å²) in [6, 6.07) is 1.96. The lowest BCUT2D eigenvalue weighted by Gasteiger charge is -2.08. The Hall–Kier alpha value is -0.950. The molecule has 2 N–H and O–H groups in total. The molecule has 2 rings (SSSR count). The Morgan fingerprint density at radius 2 is 2.33 bits per heavy atom. The van der Waals surface area contributed by atoms with Gasteiger partial charge in [0, 0.05) is 24.5 Å². The molecule has 2 heterocycles. The van der Waals surface area contributed by atoms with E-state index >= 15 is 0 Å². The molecule has 0 saturated heterocycles. The van der Waals surface area contributed by atoms with Crippen LogP contribution in [0.4, 0.5) is 0 Å². The van der Waals surface area contributed by atoms with Gasteiger partial charge in [0.2, 0.25) is 0 Å². The van der Waals surface area contributed by atoms with Crippen LogP contribution in [0.2, 0.25) is 0 Å². The lowest BCUT2D eigenvalue weighted by atomic mass is 10.1. The van der Waals surface area contributed by atoms with Gasteiger partial charge < -0.3 is 5.73 Å². The van der Waals surface area contributed by atoms with Crippen LogP contribution in [0.15, 0.2) is 24.7 Å². The number of hydrogen-bond acceptors (Lipinski definition) is 3. The van der Waals surface area contributed by atoms with E-state index < -0.39 is 0 Å². The van der Waals surface area contributed by atoms with Crippen molar-refractivity contribution in [3.8, 4) is 5.82 Å². The maximum atomic E-state index is 5.71. The highest BCUT2D eigenvalue weighted by Gasteiger charge is 2.08. The molecule has 0 bridgehead atoms. The molecule has 0 aliphatic carbocycles. The van der Waals surface area contributed by atoms with Gasteiger partial charge in [0.1, 0.15) is 0 Å². The minimum Gasteiger partial charge on any atom is -0.326 e. The number of nitrogens with two attached hydrogens (primary N) is 1. The van der Waals surface area contributed by atoms with E-state index in [0.29, 0.717) is 6.54 Å². The van der Waals surface area contributed by atoms with Gasteiger partial charge in [-0.05, 0) is 41.1 Å². The first kappa shape index (κ1) is 10.6. The third-order valence-electron chi connectivity index (χ3n) is 2.24. The summed E-state index contributed by atoms with van der Waals surface area (Å²) in [5, 5.41) is 4.23. The van der Waals surface area contributed by atoms with Crippen molar-refractivity contribution in [3.05, 3.63) is 39.4 Å². The molecule has 0 aliphatic rings. The van der Waals surface area contributed by atoms with E-state index in [-0.39, 0.29) is 0 Å². The lowest BCUT2D eigenvalue weighted by molar-refractivity contribution is 0.819. The van der Waals surface area contributed by atoms with Crippen molar-refractivity contribution < 1.29 is 0 Å². The molecule has 15 heavy (non-hydrogen) atoms. The number of hydrogen-bond donors (Lipinski definition) is 1. The Labute approximate surface area is 102 Å². The van der Waals surface area contributed by atoms with Crippen molar-refractivity contribution in [3.63, 3.8) is 0 Å². The number of halogens is 1. The van der Waals surface area contributed by atoms with E-state index in [1.165, 1.54) is 0 Å². The number of nitrogens with zero attached hydrogens (tertiary/aromatic N) is 3. The molecule has 0 aliphatic heterocycles. The maximum absolute atomic E-state index is 5.71. The van der Waals surface area contributed by atoms with Crippen molar-refractivity contribution in [1.82, 2.24) is 14.8 Å². The first-order valence-electron chi connectivity index (χ1n) is 4.57. The second-order valence-corrected chi connectivity index (χ2v) is 4.48. The van der Waals surface area contributed by atoms with Gasteiger partial charge >= 0.3 is 0 Å². The highest BCUT2D eigenvalue weighted by atomic mass is 127. The normalized spacial score (nSPS) is 10.6. The summed E-state index contributed by atoms with van der Waals surface area (Å²) in [6.07, 6.45) is 5.50. The van der Waals surface area contributed by atoms with E-state index in [1.807, 2.05) is 19.2 Å². The molecule has 2 aromatic rings. The molecule has 0 unspecified atom stereocenters. The van der Waals surface area contributed by atoms with Gasteiger partial charge in [-0.1, -0.05) is 0 Å². The molecule has 78 valence electrons. The van der Waals surface area contributed by atoms with Crippen LogP contribution in [0, 0.1) is 10.5 Å². The van der Waals surface area contributed by atoms with Crippen molar-refractivity contribution in [2.75, 3.05) is 0 Å². The van der Waals surface area contributed by atoms with Crippen LogP contribution in [0.25, 0.3) is 5.82 Å². The van der Waals surface area contributed by atoms with E-state index in [2.05, 4.69) is 32.7 Å². The van der Waals surface area contributed by atoms with Crippen LogP contribution in [0.1, 0.15) is 11.1 Å². The van der Waals surface area contributed by atoms with Crippen LogP contribution in [-0.4, -0.2) is 14.8 Å². The fraction of sp³-hybridized carbons (Fsp3) is 0.200. The average Bonchev–Trinajstić information content (AvgIpc) is 2.64. The van der Waals surface area contributed by atoms with Gasteiger partial charge in [-0.2, -0.15) is 5.10 Å². The molecule has 5 heteroatoms. The van der Waals surface area contributed by atoms with E-state index in [9.17, 15) is 0 Å². The molecule has 0 saturated carbocycles. The Morgan fingerprint density at radius 1 is 1.53 bits per heavy atom. The Bertz CT molecular complexity index is 478. The second kappa shape index (κ2) is 4.28. The Balaban J connectivity index is 2.57. The fourth-order valence-electron chi connectivity index (χ4n) is 1.44. The van der Waals surface area contributed by atoms with Gasteiger partial charge in [-0.25, -0.2) is 9.67 Å². The van der Waals surface area contributed by atoms with E-state index in [0.717, 1.165) is 20.5 Å². The summed E-state index contributed by atoms with van der Waals surface area (Å²) in [5.41, 5.74) is 7.90. The summed E-state index contributed by atoms with van der Waals surface area (Å²) >= 11 is 2.22. The second-order valence-electron chi connectivity index (χ2n) is 3.24. The number of aryl methyl sites for hydroxylation is 1. The molecule has 2 aromatic heterocycles. The largest absolute Gasteiger partial charge is 0.326 e. The zero-order valence-electron chi connectivity index (χ0n) is 8.31. The van der Waals surface area contributed by atoms with E-state index in [4.69, 9.17) is 5.73 Å². The van der Waals surface area contributed by atoms with Crippen LogP contribution in [-0.2, 0) is 6.54 Å². The Kier molecular flexibility index (Phi) is 3.01. The van der Waals surface area contributed by atoms with Gasteiger partial charge in [-0.3, -0.25) is 0 Å². The summed E-state index contributed by atoms with van der Waals surface area (Å²) in [6.45, 7) is 2.51. The van der Waals surface area contributed by atoms with Gasteiger partial charge in [0.05, 0.1) is 9.77 Å². The van der Waals surface area contributed by atoms with E-state index in [1.54, 1.807) is 17.1 Å². The summed E-state index contributed by atoms with van der Waals surface area (Å²) in [7, 11) is 0. The van der Waals surface area contributed by atoms with Crippen LogP contribution in [0.3, 0.4) is 0 Å². The van der Waals surface area contributed by atoms with Gasteiger partial charge in [0.15, 0.2) is 5.82 Å². The number of rotatable bonds is 2. The van der Waals surface area contributed by atoms with Crippen LogP contribution >= 0.6 is 22.6 Å². The number of pyridine rings is 1. The minimum absolute atomic E-state index is 0.478. The lowest BCUT2D eigenvalue weighted by Crippen LogP contribution is -2.08. The van der Waals surface area contributed by atoms with Crippen molar-refractivity contribution >= 4 is 22.6 Å². The molecule has 0 radical (unpaired) electrons. The predicted molar refractivity (Wildman–Crippen MR) is 66.7 cm³/mol. The van der Waals surface area contributed by atoms with Crippen molar-refractivity contribution in [2.45, 2.75) is 13.5 Å². The zero-order valence-corrected chi connectivity index (χ0v) is 10.5. The smallest absolute Gasteiger partial charge is 0.158 e. The summed E-state index contributed by atoms with van der Waals surface area (Å²) in [4.78, 5) is 4.31. The molecule has 4 nitrogen and oxygen atoms in total. The molecule has 0 amide bonds. The van der Waals surface area contributed by atoms with Gasteiger partial charge in [-0.15, -0.1) is 0 Å². The molecular weight excluding hydrogens is 303 g/mol. The highest BCUT2D eigenvalue weighted by Crippen LogP contribution is 2.15. The first-order chi connectivity index (χ1) is 7.22. The minimum atomic E-state index is 0.478. The average molecular weight is 314 g/mol. The SMILES string of the molecule is Cc1ccnc(-n2cc(I)cn2)c1CN. The van der Waals surface area contributed by atoms with Crippen molar-refractivity contribution in [2.24, 2.45) is 5.73 Å². The Morgan fingerprint density at radius 3 is 2.93 bits per heavy atom. The standard InChI is InChI=1S/C10H11IN4/c1-7-2-3-13-10(9(7)4-12)15-6-8(11)5-14-15/h2-3,5-6H,4,12H2,1H3. The third kappa shape index (κ3) is 2.03.